The quantitative estimate of drug-likeness (QED) is 0.578. The van der Waals surface area contributed by atoms with Crippen LogP contribution in [0.5, 0.6) is 5.75 Å². The van der Waals surface area contributed by atoms with Crippen LogP contribution in [0.1, 0.15) is 5.56 Å². The number of halogens is 4. The van der Waals surface area contributed by atoms with Gasteiger partial charge in [-0.1, -0.05) is 17.7 Å². The largest absolute Gasteiger partial charge is 0.494 e. The molecule has 0 fully saturated rings. The number of benzene rings is 2. The smallest absolute Gasteiger partial charge is 0.150 e. The van der Waals surface area contributed by atoms with Gasteiger partial charge >= 0.3 is 0 Å². The van der Waals surface area contributed by atoms with Crippen LogP contribution in [0.4, 0.5) is 13.2 Å². The topological polar surface area (TPSA) is 26.2 Å². The van der Waals surface area contributed by atoms with Crippen LogP contribution in [-0.2, 0) is 6.54 Å². The second-order valence-corrected chi connectivity index (χ2v) is 7.17. The van der Waals surface area contributed by atoms with Gasteiger partial charge in [-0.3, -0.25) is 3.97 Å². The van der Waals surface area contributed by atoms with Crippen molar-refractivity contribution in [3.8, 4) is 17.0 Å². The minimum Gasteiger partial charge on any atom is -0.494 e. The highest BCUT2D eigenvalue weighted by molar-refractivity contribution is 7.98. The highest BCUT2D eigenvalue weighted by Crippen LogP contribution is 2.42. The molecule has 0 aliphatic carbocycles. The molecule has 0 radical (unpaired) electrons. The third-order valence-electron chi connectivity index (χ3n) is 3.82. The number of hydrogen-bond donors (Lipinski definition) is 1. The van der Waals surface area contributed by atoms with Gasteiger partial charge in [0.05, 0.1) is 12.7 Å². The second-order valence-electron chi connectivity index (χ2n) is 5.69. The summed E-state index contributed by atoms with van der Waals surface area (Å²) in [6.45, 7) is 0.420. The molecule has 0 bridgehead atoms. The van der Waals surface area contributed by atoms with Crippen LogP contribution in [0.3, 0.4) is 0 Å². The lowest BCUT2D eigenvalue weighted by molar-refractivity contribution is 0.410. The van der Waals surface area contributed by atoms with Gasteiger partial charge < -0.3 is 10.1 Å². The Morgan fingerprint density at radius 2 is 1.85 bits per heavy atom. The molecule has 1 N–H and O–H groups in total. The molecule has 2 aromatic carbocycles. The summed E-state index contributed by atoms with van der Waals surface area (Å²) in [4.78, 5) is 0.764. The highest BCUT2D eigenvalue weighted by atomic mass is 35.5. The number of methoxy groups -OCH3 is 1. The number of hydrogen-bond acceptors (Lipinski definition) is 3. The van der Waals surface area contributed by atoms with Crippen LogP contribution in [0.15, 0.2) is 47.5 Å². The third kappa shape index (κ3) is 4.10. The lowest BCUT2D eigenvalue weighted by atomic mass is 10.1. The normalized spacial score (nSPS) is 11.0. The van der Waals surface area contributed by atoms with Crippen LogP contribution < -0.4 is 10.1 Å². The first-order valence-electron chi connectivity index (χ1n) is 7.96. The first-order chi connectivity index (χ1) is 12.9. The van der Waals surface area contributed by atoms with Gasteiger partial charge in [0, 0.05) is 40.4 Å². The monoisotopic (exact) mass is 412 g/mol. The SMILES string of the molecule is CNCc1cn(Sc2cccc(Cl)c2)c(-c2c(F)cc(F)cc2F)c1OC. The molecule has 3 rings (SSSR count). The average Bonchev–Trinajstić information content (AvgIpc) is 2.91. The van der Waals surface area contributed by atoms with Crippen molar-refractivity contribution in [3.63, 3.8) is 0 Å². The Bertz CT molecular complexity index is 955. The van der Waals surface area contributed by atoms with Crippen molar-refractivity contribution in [1.82, 2.24) is 9.29 Å². The fraction of sp³-hybridized carbons (Fsp3) is 0.158. The van der Waals surface area contributed by atoms with Gasteiger partial charge in [-0.2, -0.15) is 0 Å². The maximum absolute atomic E-state index is 14.5. The van der Waals surface area contributed by atoms with E-state index in [1.807, 2.05) is 6.07 Å². The van der Waals surface area contributed by atoms with Gasteiger partial charge in [-0.25, -0.2) is 13.2 Å². The Balaban J connectivity index is 2.21. The third-order valence-corrected chi connectivity index (χ3v) is 5.00. The molecule has 0 aliphatic rings. The van der Waals surface area contributed by atoms with Crippen LogP contribution in [0.2, 0.25) is 5.02 Å². The molecule has 0 unspecified atom stereocenters. The van der Waals surface area contributed by atoms with Crippen LogP contribution in [0.25, 0.3) is 11.3 Å². The summed E-state index contributed by atoms with van der Waals surface area (Å²) >= 11 is 7.25. The molecule has 0 saturated carbocycles. The summed E-state index contributed by atoms with van der Waals surface area (Å²) in [5.74, 6) is -2.69. The minimum atomic E-state index is -1.01. The van der Waals surface area contributed by atoms with Crippen molar-refractivity contribution in [1.29, 1.82) is 0 Å². The maximum Gasteiger partial charge on any atom is 0.150 e. The van der Waals surface area contributed by atoms with Gasteiger partial charge in [0.15, 0.2) is 0 Å². The molecule has 0 amide bonds. The van der Waals surface area contributed by atoms with Crippen LogP contribution >= 0.6 is 23.5 Å². The number of ether oxygens (including phenoxy) is 1. The number of nitrogens with one attached hydrogen (secondary N) is 1. The van der Waals surface area contributed by atoms with Gasteiger partial charge in [0.1, 0.15) is 28.9 Å². The van der Waals surface area contributed by atoms with Crippen molar-refractivity contribution >= 4 is 23.5 Å². The van der Waals surface area contributed by atoms with Gasteiger partial charge in [0.2, 0.25) is 0 Å². The Morgan fingerprint density at radius 1 is 1.15 bits per heavy atom. The fourth-order valence-electron chi connectivity index (χ4n) is 2.76. The molecule has 1 heterocycles. The van der Waals surface area contributed by atoms with E-state index in [1.54, 1.807) is 35.4 Å². The Labute approximate surface area is 164 Å². The molecule has 0 aliphatic heterocycles. The zero-order valence-corrected chi connectivity index (χ0v) is 16.1. The van der Waals surface area contributed by atoms with E-state index >= 15 is 0 Å². The summed E-state index contributed by atoms with van der Waals surface area (Å²) in [6, 6.07) is 8.36. The Kier molecular flexibility index (Phi) is 6.04. The van der Waals surface area contributed by atoms with Crippen molar-refractivity contribution in [2.75, 3.05) is 14.2 Å². The van der Waals surface area contributed by atoms with Crippen molar-refractivity contribution in [3.05, 3.63) is 70.6 Å². The summed E-state index contributed by atoms with van der Waals surface area (Å²) < 4.78 is 49.4. The Hall–Kier alpha value is -2.09. The summed E-state index contributed by atoms with van der Waals surface area (Å²) in [5, 5.41) is 3.53. The van der Waals surface area contributed by atoms with Crippen molar-refractivity contribution in [2.45, 2.75) is 11.4 Å². The van der Waals surface area contributed by atoms with E-state index < -0.39 is 17.5 Å². The summed E-state index contributed by atoms with van der Waals surface area (Å²) in [7, 11) is 3.17. The van der Waals surface area contributed by atoms with E-state index in [0.717, 1.165) is 4.90 Å². The zero-order valence-electron chi connectivity index (χ0n) is 14.5. The molecule has 8 heteroatoms. The molecule has 1 aromatic heterocycles. The zero-order chi connectivity index (χ0) is 19.6. The number of aromatic nitrogens is 1. The predicted octanol–water partition coefficient (Wildman–Crippen LogP) is 5.51. The molecule has 3 nitrogen and oxygen atoms in total. The standard InChI is InChI=1S/C19H16ClF3N2OS/c1-24-9-11-10-25(27-14-5-3-4-12(20)6-14)18(19(11)26-2)17-15(22)7-13(21)8-16(17)23/h3-8,10,24H,9H2,1-2H3. The average molecular weight is 413 g/mol. The number of nitrogens with zero attached hydrogens (tertiary/aromatic N) is 1. The molecular formula is C19H16ClF3N2OS. The van der Waals surface area contributed by atoms with Crippen molar-refractivity contribution < 1.29 is 17.9 Å². The first-order valence-corrected chi connectivity index (χ1v) is 9.11. The molecular weight excluding hydrogens is 397 g/mol. The summed E-state index contributed by atoms with van der Waals surface area (Å²) in [6.07, 6.45) is 1.72. The molecule has 142 valence electrons. The van der Waals surface area contributed by atoms with E-state index in [9.17, 15) is 13.2 Å². The van der Waals surface area contributed by atoms with E-state index in [1.165, 1.54) is 19.1 Å². The predicted molar refractivity (Wildman–Crippen MR) is 102 cm³/mol. The van der Waals surface area contributed by atoms with E-state index in [2.05, 4.69) is 5.32 Å². The van der Waals surface area contributed by atoms with Crippen molar-refractivity contribution in [2.24, 2.45) is 0 Å². The maximum atomic E-state index is 14.5. The van der Waals surface area contributed by atoms with E-state index in [0.29, 0.717) is 35.0 Å². The van der Waals surface area contributed by atoms with Gasteiger partial charge in [0.25, 0.3) is 0 Å². The number of rotatable bonds is 6. The molecule has 0 spiro atoms. The van der Waals surface area contributed by atoms with Gasteiger partial charge in [-0.15, -0.1) is 0 Å². The van der Waals surface area contributed by atoms with Crippen LogP contribution in [-0.4, -0.2) is 18.1 Å². The summed E-state index contributed by atoms with van der Waals surface area (Å²) in [5.41, 5.74) is 0.514. The molecule has 3 aromatic rings. The molecule has 27 heavy (non-hydrogen) atoms. The fourth-order valence-corrected chi connectivity index (χ4v) is 4.01. The lowest BCUT2D eigenvalue weighted by Gasteiger charge is -2.12. The van der Waals surface area contributed by atoms with E-state index in [-0.39, 0.29) is 11.3 Å². The Morgan fingerprint density at radius 3 is 2.44 bits per heavy atom. The highest BCUT2D eigenvalue weighted by Gasteiger charge is 2.25. The second kappa shape index (κ2) is 8.29. The molecule has 0 saturated heterocycles. The molecule has 0 atom stereocenters. The van der Waals surface area contributed by atoms with Gasteiger partial charge in [-0.05, 0) is 37.2 Å². The lowest BCUT2D eigenvalue weighted by Crippen LogP contribution is -2.05. The minimum absolute atomic E-state index is 0.169. The van der Waals surface area contributed by atoms with Crippen LogP contribution in [0, 0.1) is 17.5 Å². The first kappa shape index (κ1) is 19.7. The van der Waals surface area contributed by atoms with E-state index in [4.69, 9.17) is 16.3 Å².